The second-order valence-corrected chi connectivity index (χ2v) is 7.52. The summed E-state index contributed by atoms with van der Waals surface area (Å²) in [7, 11) is 0. The lowest BCUT2D eigenvalue weighted by Crippen LogP contribution is -2.24. The van der Waals surface area contributed by atoms with Crippen molar-refractivity contribution in [1.82, 2.24) is 5.32 Å². The molecule has 112 valence electrons. The Morgan fingerprint density at radius 3 is 2.20 bits per heavy atom. The van der Waals surface area contributed by atoms with Gasteiger partial charge in [0, 0.05) is 6.04 Å². The lowest BCUT2D eigenvalue weighted by atomic mass is 9.81. The van der Waals surface area contributed by atoms with E-state index in [-0.39, 0.29) is 0 Å². The number of hydrogen-bond donors (Lipinski definition) is 1. The van der Waals surface area contributed by atoms with Gasteiger partial charge in [0.2, 0.25) is 0 Å². The highest BCUT2D eigenvalue weighted by molar-refractivity contribution is 5.37. The predicted molar refractivity (Wildman–Crippen MR) is 88.4 cm³/mol. The van der Waals surface area contributed by atoms with Crippen LogP contribution in [0.25, 0.3) is 0 Å². The number of hydrogen-bond acceptors (Lipinski definition) is 1. The third-order valence-corrected chi connectivity index (χ3v) is 4.70. The van der Waals surface area contributed by atoms with Crippen LogP contribution in [0.1, 0.15) is 61.8 Å². The minimum Gasteiger partial charge on any atom is -0.314 e. The monoisotopic (exact) mass is 273 g/mol. The first-order valence-corrected chi connectivity index (χ1v) is 8.17. The average Bonchev–Trinajstić information content (AvgIpc) is 3.11. The smallest absolute Gasteiger partial charge is 0.00682 e. The molecular weight excluding hydrogens is 242 g/mol. The molecule has 0 spiro atoms. The van der Waals surface area contributed by atoms with Gasteiger partial charge in [-0.3, -0.25) is 0 Å². The van der Waals surface area contributed by atoms with Gasteiger partial charge in [-0.15, -0.1) is 0 Å². The van der Waals surface area contributed by atoms with E-state index in [0.717, 1.165) is 6.04 Å². The molecule has 0 radical (unpaired) electrons. The van der Waals surface area contributed by atoms with Crippen molar-refractivity contribution >= 4 is 0 Å². The fourth-order valence-electron chi connectivity index (χ4n) is 3.09. The number of benzene rings is 1. The van der Waals surface area contributed by atoms with Gasteiger partial charge >= 0.3 is 0 Å². The van der Waals surface area contributed by atoms with Crippen molar-refractivity contribution in [3.8, 4) is 0 Å². The molecule has 0 aromatic heterocycles. The summed E-state index contributed by atoms with van der Waals surface area (Å²) in [4.78, 5) is 0. The topological polar surface area (TPSA) is 12.0 Å². The highest BCUT2D eigenvalue weighted by Gasteiger charge is 2.23. The number of nitrogens with one attached hydrogen (secondary N) is 1. The molecule has 0 heterocycles. The van der Waals surface area contributed by atoms with Gasteiger partial charge in [0.05, 0.1) is 0 Å². The molecule has 1 aliphatic rings. The maximum Gasteiger partial charge on any atom is 0.00682 e. The lowest BCUT2D eigenvalue weighted by molar-refractivity contribution is 0.301. The molecule has 0 aliphatic heterocycles. The summed E-state index contributed by atoms with van der Waals surface area (Å²) in [5.74, 6) is 0. The second kappa shape index (κ2) is 6.30. The van der Waals surface area contributed by atoms with Crippen LogP contribution in [0.5, 0.6) is 0 Å². The fraction of sp³-hybridized carbons (Fsp3) is 0.684. The van der Waals surface area contributed by atoms with Crippen molar-refractivity contribution in [3.05, 3.63) is 34.4 Å². The summed E-state index contributed by atoms with van der Waals surface area (Å²) < 4.78 is 0. The summed E-state index contributed by atoms with van der Waals surface area (Å²) >= 11 is 0. The summed E-state index contributed by atoms with van der Waals surface area (Å²) in [5.41, 5.74) is 6.32. The SMILES string of the molecule is Cc1cc(C)c(CCC(C)(C)CCNC2CC2)c(C)c1. The molecule has 1 heteroatoms. The van der Waals surface area contributed by atoms with Gasteiger partial charge in [0.1, 0.15) is 0 Å². The Morgan fingerprint density at radius 2 is 1.65 bits per heavy atom. The summed E-state index contributed by atoms with van der Waals surface area (Å²) in [6, 6.07) is 5.49. The van der Waals surface area contributed by atoms with Gasteiger partial charge in [-0.1, -0.05) is 31.5 Å². The average molecular weight is 273 g/mol. The molecule has 0 atom stereocenters. The number of aryl methyl sites for hydroxylation is 3. The van der Waals surface area contributed by atoms with Crippen LogP contribution in [-0.4, -0.2) is 12.6 Å². The van der Waals surface area contributed by atoms with E-state index in [4.69, 9.17) is 0 Å². The van der Waals surface area contributed by atoms with Crippen molar-refractivity contribution in [3.63, 3.8) is 0 Å². The van der Waals surface area contributed by atoms with Crippen molar-refractivity contribution in [1.29, 1.82) is 0 Å². The minimum absolute atomic E-state index is 0.436. The van der Waals surface area contributed by atoms with Gasteiger partial charge in [-0.25, -0.2) is 0 Å². The van der Waals surface area contributed by atoms with Gasteiger partial charge in [0.15, 0.2) is 0 Å². The fourth-order valence-corrected chi connectivity index (χ4v) is 3.09. The van der Waals surface area contributed by atoms with Crippen molar-refractivity contribution in [2.24, 2.45) is 5.41 Å². The van der Waals surface area contributed by atoms with Crippen LogP contribution in [0.15, 0.2) is 12.1 Å². The lowest BCUT2D eigenvalue weighted by Gasteiger charge is -2.26. The molecule has 1 aromatic rings. The Labute approximate surface area is 125 Å². The maximum atomic E-state index is 3.64. The van der Waals surface area contributed by atoms with E-state index >= 15 is 0 Å². The Balaban J connectivity index is 1.86. The largest absolute Gasteiger partial charge is 0.314 e. The van der Waals surface area contributed by atoms with Crippen molar-refractivity contribution < 1.29 is 0 Å². The summed E-state index contributed by atoms with van der Waals surface area (Å²) in [6.45, 7) is 12.7. The Kier molecular flexibility index (Phi) is 4.90. The van der Waals surface area contributed by atoms with Gasteiger partial charge < -0.3 is 5.32 Å². The van der Waals surface area contributed by atoms with Crippen LogP contribution >= 0.6 is 0 Å². The quantitative estimate of drug-likeness (QED) is 0.758. The first kappa shape index (κ1) is 15.6. The van der Waals surface area contributed by atoms with Gasteiger partial charge in [-0.05, 0) is 81.5 Å². The third-order valence-electron chi connectivity index (χ3n) is 4.70. The van der Waals surface area contributed by atoms with Crippen LogP contribution in [0.3, 0.4) is 0 Å². The van der Waals surface area contributed by atoms with E-state index < -0.39 is 0 Å². The van der Waals surface area contributed by atoms with Crippen LogP contribution in [0, 0.1) is 26.2 Å². The molecule has 2 rings (SSSR count). The molecule has 1 saturated carbocycles. The molecule has 1 aromatic carbocycles. The first-order chi connectivity index (χ1) is 9.37. The Morgan fingerprint density at radius 1 is 1.05 bits per heavy atom. The van der Waals surface area contributed by atoms with Crippen LogP contribution < -0.4 is 5.32 Å². The van der Waals surface area contributed by atoms with Gasteiger partial charge in [-0.2, -0.15) is 0 Å². The molecule has 1 N–H and O–H groups in total. The second-order valence-electron chi connectivity index (χ2n) is 7.52. The highest BCUT2D eigenvalue weighted by atomic mass is 14.9. The van der Waals surface area contributed by atoms with Crippen LogP contribution in [0.2, 0.25) is 0 Å². The predicted octanol–water partition coefficient (Wildman–Crippen LogP) is 4.71. The molecule has 0 saturated heterocycles. The maximum absolute atomic E-state index is 3.64. The van der Waals surface area contributed by atoms with E-state index in [0.29, 0.717) is 5.41 Å². The summed E-state index contributed by atoms with van der Waals surface area (Å²) in [6.07, 6.45) is 6.57. The Hall–Kier alpha value is -0.820. The Bertz CT molecular complexity index is 432. The molecule has 0 bridgehead atoms. The first-order valence-electron chi connectivity index (χ1n) is 8.17. The van der Waals surface area contributed by atoms with E-state index in [9.17, 15) is 0 Å². The molecule has 0 unspecified atom stereocenters. The minimum atomic E-state index is 0.436. The van der Waals surface area contributed by atoms with Gasteiger partial charge in [0.25, 0.3) is 0 Å². The van der Waals surface area contributed by atoms with E-state index in [1.807, 2.05) is 0 Å². The third kappa shape index (κ3) is 4.63. The highest BCUT2D eigenvalue weighted by Crippen LogP contribution is 2.29. The zero-order valence-electron chi connectivity index (χ0n) is 14.0. The molecule has 1 fully saturated rings. The molecule has 1 nitrogen and oxygen atoms in total. The van der Waals surface area contributed by atoms with Crippen molar-refractivity contribution in [2.75, 3.05) is 6.54 Å². The standard InChI is InChI=1S/C19H31N/c1-14-12-15(2)18(16(3)13-14)8-9-19(4,5)10-11-20-17-6-7-17/h12-13,17,20H,6-11H2,1-5H3. The molecule has 1 aliphatic carbocycles. The van der Waals surface area contributed by atoms with Crippen molar-refractivity contribution in [2.45, 2.75) is 72.8 Å². The van der Waals surface area contributed by atoms with E-state index in [1.165, 1.54) is 55.3 Å². The molecule has 0 amide bonds. The van der Waals surface area contributed by atoms with E-state index in [1.54, 1.807) is 5.56 Å². The normalized spacial score (nSPS) is 15.7. The summed E-state index contributed by atoms with van der Waals surface area (Å²) in [5, 5.41) is 3.64. The zero-order valence-corrected chi connectivity index (χ0v) is 14.0. The van der Waals surface area contributed by atoms with E-state index in [2.05, 4.69) is 52.1 Å². The molecular formula is C19H31N. The van der Waals surface area contributed by atoms with Crippen LogP contribution in [-0.2, 0) is 6.42 Å². The van der Waals surface area contributed by atoms with Crippen LogP contribution in [0.4, 0.5) is 0 Å². The number of rotatable bonds is 7. The zero-order chi connectivity index (χ0) is 14.8. The molecule has 20 heavy (non-hydrogen) atoms.